The topological polar surface area (TPSA) is 68.2 Å². The van der Waals surface area contributed by atoms with Crippen LogP contribution in [0.3, 0.4) is 0 Å². The number of aliphatic hydroxyl groups is 1. The van der Waals surface area contributed by atoms with Gasteiger partial charge in [-0.05, 0) is 47.4 Å². The van der Waals surface area contributed by atoms with Crippen LogP contribution < -0.4 is 14.2 Å². The molecule has 3 aliphatic heterocycles. The van der Waals surface area contributed by atoms with Gasteiger partial charge < -0.3 is 24.2 Å². The van der Waals surface area contributed by atoms with E-state index in [0.717, 1.165) is 22.4 Å². The van der Waals surface area contributed by atoms with Gasteiger partial charge in [0.25, 0.3) is 0 Å². The van der Waals surface area contributed by atoms with Gasteiger partial charge in [0, 0.05) is 6.42 Å². The van der Waals surface area contributed by atoms with Crippen LogP contribution in [0, 0.1) is 0 Å². The summed E-state index contributed by atoms with van der Waals surface area (Å²) in [6.45, 7) is 0.174. The Balaban J connectivity index is 1.70. The van der Waals surface area contributed by atoms with Gasteiger partial charge in [-0.3, -0.25) is 4.79 Å². The molecule has 0 radical (unpaired) electrons. The maximum Gasteiger partial charge on any atom is 0.231 e. The Hall–Kier alpha value is -2.73. The maximum atomic E-state index is 12.6. The fourth-order valence-electron chi connectivity index (χ4n) is 4.32. The molecule has 0 spiro atoms. The molecule has 1 fully saturated rings. The van der Waals surface area contributed by atoms with Gasteiger partial charge in [-0.15, -0.1) is 0 Å². The van der Waals surface area contributed by atoms with Crippen LogP contribution in [0.25, 0.3) is 0 Å². The smallest absolute Gasteiger partial charge is 0.231 e. The van der Waals surface area contributed by atoms with Gasteiger partial charge in [-0.1, -0.05) is 12.1 Å². The summed E-state index contributed by atoms with van der Waals surface area (Å²) in [5, 5.41) is 10.9. The number of hydrogen-bond acceptors (Lipinski definition) is 5. The second-order valence-electron chi connectivity index (χ2n) is 6.86. The van der Waals surface area contributed by atoms with Crippen molar-refractivity contribution in [3.63, 3.8) is 0 Å². The number of hydrogen-bond donors (Lipinski definition) is 1. The molecule has 3 heterocycles. The molecular formula is C20H19NO5. The Morgan fingerprint density at radius 3 is 2.50 bits per heavy atom. The third kappa shape index (κ3) is 2.12. The van der Waals surface area contributed by atoms with Gasteiger partial charge in [0.15, 0.2) is 11.5 Å². The number of amides is 1. The van der Waals surface area contributed by atoms with Crippen LogP contribution in [0.5, 0.6) is 17.2 Å². The Kier molecular flexibility index (Phi) is 3.37. The van der Waals surface area contributed by atoms with E-state index in [4.69, 9.17) is 14.2 Å². The molecule has 0 saturated carbocycles. The predicted octanol–water partition coefficient (Wildman–Crippen LogP) is 2.55. The van der Waals surface area contributed by atoms with Crippen molar-refractivity contribution in [2.75, 3.05) is 13.9 Å². The zero-order chi connectivity index (χ0) is 17.8. The van der Waals surface area contributed by atoms with E-state index in [9.17, 15) is 9.90 Å². The minimum Gasteiger partial charge on any atom is -0.497 e. The lowest BCUT2D eigenvalue weighted by molar-refractivity contribution is -0.133. The zero-order valence-corrected chi connectivity index (χ0v) is 14.3. The first-order valence-electron chi connectivity index (χ1n) is 8.74. The maximum absolute atomic E-state index is 12.6. The quantitative estimate of drug-likeness (QED) is 0.899. The molecule has 1 amide bonds. The first-order valence-corrected chi connectivity index (χ1v) is 8.74. The lowest BCUT2D eigenvalue weighted by Gasteiger charge is -2.42. The second-order valence-corrected chi connectivity index (χ2v) is 6.86. The highest BCUT2D eigenvalue weighted by Gasteiger charge is 2.47. The van der Waals surface area contributed by atoms with Gasteiger partial charge >= 0.3 is 0 Å². The zero-order valence-electron chi connectivity index (χ0n) is 14.3. The number of methoxy groups -OCH3 is 1. The number of benzene rings is 2. The highest BCUT2D eigenvalue weighted by atomic mass is 16.7. The van der Waals surface area contributed by atoms with E-state index in [1.54, 1.807) is 7.11 Å². The predicted molar refractivity (Wildman–Crippen MR) is 92.2 cm³/mol. The molecule has 26 heavy (non-hydrogen) atoms. The summed E-state index contributed by atoms with van der Waals surface area (Å²) in [5.74, 6) is 2.13. The average molecular weight is 353 g/mol. The number of rotatable bonds is 2. The fraction of sp³-hybridized carbons (Fsp3) is 0.350. The fourth-order valence-corrected chi connectivity index (χ4v) is 4.32. The molecule has 2 aromatic carbocycles. The summed E-state index contributed by atoms with van der Waals surface area (Å²) < 4.78 is 16.3. The lowest BCUT2D eigenvalue weighted by Crippen LogP contribution is -2.44. The highest BCUT2D eigenvalue weighted by molar-refractivity contribution is 5.81. The molecule has 0 aromatic heterocycles. The molecule has 0 unspecified atom stereocenters. The number of aliphatic hydroxyl groups excluding tert-OH is 1. The van der Waals surface area contributed by atoms with Crippen LogP contribution in [0.2, 0.25) is 0 Å². The SMILES string of the molecule is COc1ccc([C@@H]2c3cc4c(cc3[C@H](O)[C@H]3CCC(=O)N23)OCO4)cc1. The van der Waals surface area contributed by atoms with Crippen LogP contribution in [-0.2, 0) is 4.79 Å². The molecule has 5 rings (SSSR count). The van der Waals surface area contributed by atoms with Crippen molar-refractivity contribution in [3.05, 3.63) is 53.1 Å². The molecule has 6 nitrogen and oxygen atoms in total. The molecule has 3 aliphatic rings. The molecule has 1 N–H and O–H groups in total. The molecule has 134 valence electrons. The van der Waals surface area contributed by atoms with Gasteiger partial charge in [0.05, 0.1) is 25.3 Å². The monoisotopic (exact) mass is 353 g/mol. The largest absolute Gasteiger partial charge is 0.497 e. The van der Waals surface area contributed by atoms with Crippen molar-refractivity contribution in [3.8, 4) is 17.2 Å². The van der Waals surface area contributed by atoms with Gasteiger partial charge in [0.1, 0.15) is 5.75 Å². The van der Waals surface area contributed by atoms with Gasteiger partial charge in [0.2, 0.25) is 12.7 Å². The number of carbonyl (C=O) groups is 1. The summed E-state index contributed by atoms with van der Waals surface area (Å²) in [6.07, 6.45) is 0.385. The van der Waals surface area contributed by atoms with E-state index in [2.05, 4.69) is 0 Å². The Morgan fingerprint density at radius 1 is 1.12 bits per heavy atom. The van der Waals surface area contributed by atoms with E-state index in [1.165, 1.54) is 0 Å². The molecule has 0 aliphatic carbocycles. The van der Waals surface area contributed by atoms with Crippen LogP contribution in [-0.4, -0.2) is 35.9 Å². The van der Waals surface area contributed by atoms with Gasteiger partial charge in [-0.25, -0.2) is 0 Å². The number of nitrogens with zero attached hydrogens (tertiary/aromatic N) is 1. The van der Waals surface area contributed by atoms with Crippen molar-refractivity contribution < 1.29 is 24.1 Å². The van der Waals surface area contributed by atoms with Crippen LogP contribution >= 0.6 is 0 Å². The first-order chi connectivity index (χ1) is 12.7. The van der Waals surface area contributed by atoms with E-state index in [0.29, 0.717) is 24.3 Å². The summed E-state index contributed by atoms with van der Waals surface area (Å²) in [4.78, 5) is 14.5. The van der Waals surface area contributed by atoms with Crippen molar-refractivity contribution in [2.45, 2.75) is 31.0 Å². The van der Waals surface area contributed by atoms with Crippen LogP contribution in [0.15, 0.2) is 36.4 Å². The van der Waals surface area contributed by atoms with Crippen LogP contribution in [0.1, 0.15) is 41.7 Å². The highest BCUT2D eigenvalue weighted by Crippen LogP contribution is 2.50. The summed E-state index contributed by atoms with van der Waals surface area (Å²) in [7, 11) is 1.63. The van der Waals surface area contributed by atoms with Crippen molar-refractivity contribution in [2.24, 2.45) is 0 Å². The first kappa shape index (κ1) is 15.5. The third-order valence-electron chi connectivity index (χ3n) is 5.56. The van der Waals surface area contributed by atoms with E-state index in [-0.39, 0.29) is 24.8 Å². The van der Waals surface area contributed by atoms with E-state index >= 15 is 0 Å². The summed E-state index contributed by atoms with van der Waals surface area (Å²) >= 11 is 0. The van der Waals surface area contributed by atoms with Crippen molar-refractivity contribution in [1.82, 2.24) is 4.90 Å². The van der Waals surface area contributed by atoms with Gasteiger partial charge in [-0.2, -0.15) is 0 Å². The standard InChI is InChI=1S/C20H19NO5/c1-24-12-4-2-11(3-5-12)19-13-8-16-17(26-10-25-16)9-14(13)20(23)15-6-7-18(22)21(15)19/h2-5,8-9,15,19-20,23H,6-7,10H2,1H3/t15-,19-,20+/m1/s1. The summed E-state index contributed by atoms with van der Waals surface area (Å²) in [5.41, 5.74) is 2.68. The van der Waals surface area contributed by atoms with Crippen molar-refractivity contribution >= 4 is 5.91 Å². The Labute approximate surface area is 150 Å². The molecule has 1 saturated heterocycles. The number of fused-ring (bicyclic) bond motifs is 3. The molecular weight excluding hydrogens is 334 g/mol. The van der Waals surface area contributed by atoms with Crippen LogP contribution in [0.4, 0.5) is 0 Å². The number of ether oxygens (including phenoxy) is 3. The van der Waals surface area contributed by atoms with E-state index in [1.807, 2.05) is 41.3 Å². The summed E-state index contributed by atoms with van der Waals surface area (Å²) in [6, 6.07) is 11.0. The number of carbonyl (C=O) groups excluding carboxylic acids is 1. The molecule has 6 heteroatoms. The normalized spacial score (nSPS) is 25.8. The Morgan fingerprint density at radius 2 is 1.81 bits per heavy atom. The Bertz CT molecular complexity index is 879. The molecule has 3 atom stereocenters. The van der Waals surface area contributed by atoms with Crippen molar-refractivity contribution in [1.29, 1.82) is 0 Å². The second kappa shape index (κ2) is 5.64. The lowest BCUT2D eigenvalue weighted by atomic mass is 9.83. The average Bonchev–Trinajstić information content (AvgIpc) is 3.28. The minimum atomic E-state index is -0.722. The molecule has 2 aromatic rings. The third-order valence-corrected chi connectivity index (χ3v) is 5.56. The minimum absolute atomic E-state index is 0.0678. The molecule has 0 bridgehead atoms. The van der Waals surface area contributed by atoms with E-state index < -0.39 is 6.10 Å².